The first-order chi connectivity index (χ1) is 13.0. The summed E-state index contributed by atoms with van der Waals surface area (Å²) < 4.78 is 10.6. The van der Waals surface area contributed by atoms with E-state index < -0.39 is 12.1 Å². The van der Waals surface area contributed by atoms with Crippen molar-refractivity contribution in [3.05, 3.63) is 59.7 Å². The van der Waals surface area contributed by atoms with Gasteiger partial charge in [-0.2, -0.15) is 0 Å². The van der Waals surface area contributed by atoms with Crippen molar-refractivity contribution in [1.29, 1.82) is 0 Å². The second-order valence-electron chi connectivity index (χ2n) is 6.50. The smallest absolute Gasteiger partial charge is 0.344 e. The first kappa shape index (κ1) is 18.6. The number of amides is 1. The van der Waals surface area contributed by atoms with Crippen LogP contribution in [0.25, 0.3) is 0 Å². The number of aldehydes is 1. The van der Waals surface area contributed by atoms with Gasteiger partial charge in [0, 0.05) is 17.3 Å². The topological polar surface area (TPSA) is 72.9 Å². The third kappa shape index (κ3) is 4.16. The number of fused-ring (bicyclic) bond motifs is 1. The zero-order valence-electron chi connectivity index (χ0n) is 15.3. The number of carbonyl (C=O) groups is 3. The van der Waals surface area contributed by atoms with Gasteiger partial charge in [0.25, 0.3) is 5.91 Å². The van der Waals surface area contributed by atoms with Crippen LogP contribution in [-0.2, 0) is 20.7 Å². The summed E-state index contributed by atoms with van der Waals surface area (Å²) in [6, 6.07) is 14.1. The number of nitrogens with zero attached hydrogens (tertiary/aromatic N) is 1. The van der Waals surface area contributed by atoms with Crippen molar-refractivity contribution in [2.24, 2.45) is 0 Å². The summed E-state index contributed by atoms with van der Waals surface area (Å²) in [7, 11) is 0. The second kappa shape index (κ2) is 8.03. The van der Waals surface area contributed by atoms with Crippen LogP contribution >= 0.6 is 0 Å². The predicted octanol–water partition coefficient (Wildman–Crippen LogP) is 2.79. The van der Waals surface area contributed by atoms with Crippen LogP contribution in [0, 0.1) is 0 Å². The maximum atomic E-state index is 12.8. The molecule has 0 spiro atoms. The summed E-state index contributed by atoms with van der Waals surface area (Å²) >= 11 is 0. The third-order valence-electron chi connectivity index (χ3n) is 4.47. The van der Waals surface area contributed by atoms with Crippen LogP contribution < -0.4 is 9.64 Å². The molecule has 0 saturated carbocycles. The molecule has 1 aliphatic rings. The molecule has 1 heterocycles. The number of benzene rings is 2. The van der Waals surface area contributed by atoms with E-state index >= 15 is 0 Å². The first-order valence-corrected chi connectivity index (χ1v) is 8.78. The highest BCUT2D eigenvalue weighted by Gasteiger charge is 2.34. The fourth-order valence-electron chi connectivity index (χ4n) is 3.16. The first-order valence-electron chi connectivity index (χ1n) is 8.78. The number of esters is 1. The Morgan fingerprint density at radius 1 is 1.19 bits per heavy atom. The third-order valence-corrected chi connectivity index (χ3v) is 4.47. The predicted molar refractivity (Wildman–Crippen MR) is 100.0 cm³/mol. The van der Waals surface area contributed by atoms with Crippen LogP contribution in [0.15, 0.2) is 48.5 Å². The highest BCUT2D eigenvalue weighted by molar-refractivity contribution is 5.99. The van der Waals surface area contributed by atoms with Gasteiger partial charge in [0.1, 0.15) is 12.0 Å². The summed E-state index contributed by atoms with van der Waals surface area (Å²) in [4.78, 5) is 37.1. The summed E-state index contributed by atoms with van der Waals surface area (Å²) in [6.45, 7) is 3.22. The van der Waals surface area contributed by atoms with Crippen molar-refractivity contribution in [2.75, 3.05) is 11.5 Å². The fraction of sp³-hybridized carbons (Fsp3) is 0.286. The Balaban J connectivity index is 1.56. The SMILES string of the molecule is C[C@@H]1Cc2ccccc2N1C(=O)[C@@H](C)OC(=O)COc1ccc(C=O)cc1. The van der Waals surface area contributed by atoms with Gasteiger partial charge in [0.05, 0.1) is 0 Å². The van der Waals surface area contributed by atoms with E-state index in [1.165, 1.54) is 0 Å². The largest absolute Gasteiger partial charge is 0.482 e. The van der Waals surface area contributed by atoms with Gasteiger partial charge >= 0.3 is 5.97 Å². The molecule has 6 heteroatoms. The molecule has 0 aromatic heterocycles. The number of para-hydroxylation sites is 1. The Kier molecular flexibility index (Phi) is 5.54. The Morgan fingerprint density at radius 2 is 1.89 bits per heavy atom. The van der Waals surface area contributed by atoms with Gasteiger partial charge in [-0.05, 0) is 56.2 Å². The van der Waals surface area contributed by atoms with Crippen LogP contribution in [-0.4, -0.2) is 36.9 Å². The van der Waals surface area contributed by atoms with Gasteiger partial charge in [0.2, 0.25) is 0 Å². The van der Waals surface area contributed by atoms with Crippen LogP contribution in [0.1, 0.15) is 29.8 Å². The van der Waals surface area contributed by atoms with Crippen molar-refractivity contribution in [2.45, 2.75) is 32.4 Å². The summed E-state index contributed by atoms with van der Waals surface area (Å²) in [5, 5.41) is 0. The van der Waals surface area contributed by atoms with Gasteiger partial charge in [-0.25, -0.2) is 4.79 Å². The van der Waals surface area contributed by atoms with E-state index in [2.05, 4.69) is 0 Å². The zero-order valence-corrected chi connectivity index (χ0v) is 15.3. The number of hydrogen-bond donors (Lipinski definition) is 0. The normalized spacial score (nSPS) is 16.4. The summed E-state index contributed by atoms with van der Waals surface area (Å²) in [5.41, 5.74) is 2.49. The van der Waals surface area contributed by atoms with E-state index in [0.717, 1.165) is 24.0 Å². The minimum absolute atomic E-state index is 0.0173. The Hall–Kier alpha value is -3.15. The lowest BCUT2D eigenvalue weighted by molar-refractivity contribution is -0.155. The van der Waals surface area contributed by atoms with E-state index in [1.807, 2.05) is 31.2 Å². The second-order valence-corrected chi connectivity index (χ2v) is 6.50. The van der Waals surface area contributed by atoms with Crippen LogP contribution in [0.5, 0.6) is 5.75 Å². The molecule has 1 amide bonds. The van der Waals surface area contributed by atoms with Crippen LogP contribution in [0.3, 0.4) is 0 Å². The molecule has 0 unspecified atom stereocenters. The molecular weight excluding hydrogens is 346 g/mol. The Bertz CT molecular complexity index is 846. The molecule has 27 heavy (non-hydrogen) atoms. The fourth-order valence-corrected chi connectivity index (χ4v) is 3.16. The van der Waals surface area contributed by atoms with Gasteiger partial charge < -0.3 is 14.4 Å². The molecule has 3 rings (SSSR count). The lowest BCUT2D eigenvalue weighted by atomic mass is 10.1. The Labute approximate surface area is 157 Å². The molecular formula is C21H21NO5. The van der Waals surface area contributed by atoms with E-state index in [1.54, 1.807) is 36.1 Å². The van der Waals surface area contributed by atoms with Crippen molar-refractivity contribution < 1.29 is 23.9 Å². The number of anilines is 1. The highest BCUT2D eigenvalue weighted by Crippen LogP contribution is 2.32. The molecule has 0 N–H and O–H groups in total. The monoisotopic (exact) mass is 367 g/mol. The average Bonchev–Trinajstić information content (AvgIpc) is 3.01. The van der Waals surface area contributed by atoms with Gasteiger partial charge in [-0.3, -0.25) is 9.59 Å². The number of rotatable bonds is 6. The van der Waals surface area contributed by atoms with E-state index in [0.29, 0.717) is 11.3 Å². The Morgan fingerprint density at radius 3 is 2.59 bits per heavy atom. The van der Waals surface area contributed by atoms with E-state index in [-0.39, 0.29) is 18.6 Å². The van der Waals surface area contributed by atoms with E-state index in [4.69, 9.17) is 9.47 Å². The average molecular weight is 367 g/mol. The van der Waals surface area contributed by atoms with E-state index in [9.17, 15) is 14.4 Å². The quantitative estimate of drug-likeness (QED) is 0.580. The van der Waals surface area contributed by atoms with Gasteiger partial charge in [-0.1, -0.05) is 18.2 Å². The lowest BCUT2D eigenvalue weighted by Crippen LogP contribution is -2.43. The highest BCUT2D eigenvalue weighted by atomic mass is 16.6. The molecule has 0 bridgehead atoms. The van der Waals surface area contributed by atoms with Crippen molar-refractivity contribution >= 4 is 23.9 Å². The maximum absolute atomic E-state index is 12.8. The molecule has 6 nitrogen and oxygen atoms in total. The number of carbonyl (C=O) groups excluding carboxylic acids is 3. The van der Waals surface area contributed by atoms with Crippen LogP contribution in [0.4, 0.5) is 5.69 Å². The molecule has 2 aromatic rings. The van der Waals surface area contributed by atoms with Gasteiger partial charge in [0.15, 0.2) is 12.7 Å². The molecule has 0 aliphatic carbocycles. The molecule has 0 saturated heterocycles. The molecule has 0 fully saturated rings. The zero-order chi connectivity index (χ0) is 19.4. The lowest BCUT2D eigenvalue weighted by Gasteiger charge is -2.25. The number of hydrogen-bond acceptors (Lipinski definition) is 5. The molecule has 140 valence electrons. The minimum atomic E-state index is -0.910. The molecule has 2 aromatic carbocycles. The summed E-state index contributed by atoms with van der Waals surface area (Å²) in [5.74, 6) is -0.440. The molecule has 2 atom stereocenters. The maximum Gasteiger partial charge on any atom is 0.344 e. The van der Waals surface area contributed by atoms with Crippen LogP contribution in [0.2, 0.25) is 0 Å². The summed E-state index contributed by atoms with van der Waals surface area (Å²) in [6.07, 6.45) is 0.595. The van der Waals surface area contributed by atoms with Crippen molar-refractivity contribution in [3.63, 3.8) is 0 Å². The van der Waals surface area contributed by atoms with Crippen molar-refractivity contribution in [3.8, 4) is 5.75 Å². The van der Waals surface area contributed by atoms with Gasteiger partial charge in [-0.15, -0.1) is 0 Å². The standard InChI is InChI=1S/C21H21NO5/c1-14-11-17-5-3-4-6-19(17)22(14)21(25)15(2)27-20(24)13-26-18-9-7-16(12-23)8-10-18/h3-10,12,14-15H,11,13H2,1-2H3/t14-,15-/m1/s1. The minimum Gasteiger partial charge on any atom is -0.482 e. The number of ether oxygens (including phenoxy) is 2. The molecule has 0 radical (unpaired) electrons. The van der Waals surface area contributed by atoms with Crippen molar-refractivity contribution in [1.82, 2.24) is 0 Å². The molecule has 1 aliphatic heterocycles.